The van der Waals surface area contributed by atoms with Gasteiger partial charge in [-0.1, -0.05) is 6.07 Å². The van der Waals surface area contributed by atoms with Gasteiger partial charge in [-0.2, -0.15) is 0 Å². The van der Waals surface area contributed by atoms with Crippen LogP contribution in [-0.2, 0) is 4.79 Å². The lowest BCUT2D eigenvalue weighted by Crippen LogP contribution is -2.15. The molecule has 0 amide bonds. The van der Waals surface area contributed by atoms with Crippen molar-refractivity contribution in [3.05, 3.63) is 28.2 Å². The van der Waals surface area contributed by atoms with Crippen LogP contribution in [0.1, 0.15) is 11.5 Å². The molecular formula is C10H11BrO4. The molecule has 0 fully saturated rings. The Bertz CT molecular complexity index is 364. The molecule has 0 radical (unpaired) electrons. The smallest absolute Gasteiger partial charge is 0.313 e. The lowest BCUT2D eigenvalue weighted by atomic mass is 10.0. The molecule has 0 spiro atoms. The van der Waals surface area contributed by atoms with E-state index in [0.717, 1.165) is 0 Å². The largest absolute Gasteiger partial charge is 0.496 e. The van der Waals surface area contributed by atoms with Crippen molar-refractivity contribution in [1.29, 1.82) is 0 Å². The van der Waals surface area contributed by atoms with Gasteiger partial charge >= 0.3 is 5.97 Å². The van der Waals surface area contributed by atoms with Gasteiger partial charge in [-0.05, 0) is 33.6 Å². The van der Waals surface area contributed by atoms with Gasteiger partial charge in [-0.3, -0.25) is 4.79 Å². The van der Waals surface area contributed by atoms with Gasteiger partial charge in [0.2, 0.25) is 0 Å². The summed E-state index contributed by atoms with van der Waals surface area (Å²) in [4.78, 5) is 10.8. The van der Waals surface area contributed by atoms with Crippen LogP contribution in [0.25, 0.3) is 0 Å². The molecule has 1 atom stereocenters. The van der Waals surface area contributed by atoms with Crippen LogP contribution < -0.4 is 4.74 Å². The van der Waals surface area contributed by atoms with Crippen molar-refractivity contribution in [2.45, 2.75) is 5.92 Å². The molecular weight excluding hydrogens is 264 g/mol. The summed E-state index contributed by atoms with van der Waals surface area (Å²) < 4.78 is 5.69. The maximum atomic E-state index is 10.8. The van der Waals surface area contributed by atoms with Crippen LogP contribution >= 0.6 is 15.9 Å². The van der Waals surface area contributed by atoms with E-state index in [-0.39, 0.29) is 0 Å². The third-order valence-corrected chi connectivity index (χ3v) is 2.68. The van der Waals surface area contributed by atoms with Crippen molar-refractivity contribution in [2.24, 2.45) is 0 Å². The highest BCUT2D eigenvalue weighted by molar-refractivity contribution is 9.10. The summed E-state index contributed by atoms with van der Waals surface area (Å²) in [5.41, 5.74) is 0.540. The SMILES string of the molecule is COc1ccc(C(CO)C(=O)O)cc1Br. The topological polar surface area (TPSA) is 66.8 Å². The van der Waals surface area contributed by atoms with Gasteiger partial charge in [0.15, 0.2) is 0 Å². The predicted molar refractivity (Wildman–Crippen MR) is 58.2 cm³/mol. The first-order chi connectivity index (χ1) is 7.10. The number of aliphatic hydroxyl groups excluding tert-OH is 1. The molecule has 4 nitrogen and oxygen atoms in total. The van der Waals surface area contributed by atoms with E-state index in [1.807, 2.05) is 0 Å². The first kappa shape index (κ1) is 12.0. The molecule has 82 valence electrons. The van der Waals surface area contributed by atoms with Crippen LogP contribution in [0, 0.1) is 0 Å². The molecule has 2 N–H and O–H groups in total. The number of aliphatic carboxylic acids is 1. The summed E-state index contributed by atoms with van der Waals surface area (Å²) in [5, 5.41) is 17.8. The van der Waals surface area contributed by atoms with Crippen LogP contribution in [0.3, 0.4) is 0 Å². The third-order valence-electron chi connectivity index (χ3n) is 2.06. The molecule has 5 heteroatoms. The lowest BCUT2D eigenvalue weighted by molar-refractivity contribution is -0.139. The van der Waals surface area contributed by atoms with E-state index >= 15 is 0 Å². The lowest BCUT2D eigenvalue weighted by Gasteiger charge is -2.11. The maximum Gasteiger partial charge on any atom is 0.313 e. The van der Waals surface area contributed by atoms with Crippen molar-refractivity contribution < 1.29 is 19.7 Å². The molecule has 0 saturated heterocycles. The molecule has 15 heavy (non-hydrogen) atoms. The highest BCUT2D eigenvalue weighted by Gasteiger charge is 2.19. The Morgan fingerprint density at radius 2 is 2.27 bits per heavy atom. The Morgan fingerprint density at radius 3 is 2.67 bits per heavy atom. The average molecular weight is 275 g/mol. The Labute approximate surface area is 95.6 Å². The highest BCUT2D eigenvalue weighted by Crippen LogP contribution is 2.28. The van der Waals surface area contributed by atoms with Gasteiger partial charge in [0.05, 0.1) is 18.2 Å². The first-order valence-electron chi connectivity index (χ1n) is 4.27. The molecule has 1 aromatic rings. The van der Waals surface area contributed by atoms with E-state index in [9.17, 15) is 4.79 Å². The second-order valence-electron chi connectivity index (χ2n) is 2.97. The van der Waals surface area contributed by atoms with Crippen molar-refractivity contribution in [1.82, 2.24) is 0 Å². The molecule has 1 rings (SSSR count). The average Bonchev–Trinajstić information content (AvgIpc) is 2.18. The van der Waals surface area contributed by atoms with E-state index in [1.165, 1.54) is 7.11 Å². The van der Waals surface area contributed by atoms with Gasteiger partial charge in [0.25, 0.3) is 0 Å². The molecule has 0 saturated carbocycles. The number of aliphatic hydroxyl groups is 1. The fourth-order valence-electron chi connectivity index (χ4n) is 1.23. The normalized spacial score (nSPS) is 12.2. The zero-order valence-electron chi connectivity index (χ0n) is 8.11. The number of benzene rings is 1. The summed E-state index contributed by atoms with van der Waals surface area (Å²) in [7, 11) is 1.53. The molecule has 0 heterocycles. The highest BCUT2D eigenvalue weighted by atomic mass is 79.9. The zero-order chi connectivity index (χ0) is 11.4. The van der Waals surface area contributed by atoms with Crippen LogP contribution in [-0.4, -0.2) is 29.9 Å². The standard InChI is InChI=1S/C10H11BrO4/c1-15-9-3-2-6(4-8(9)11)7(5-12)10(13)14/h2-4,7,12H,5H2,1H3,(H,13,14). The summed E-state index contributed by atoms with van der Waals surface area (Å²) in [6, 6.07) is 4.91. The number of methoxy groups -OCH3 is 1. The van der Waals surface area contributed by atoms with Gasteiger partial charge in [-0.25, -0.2) is 0 Å². The van der Waals surface area contributed by atoms with Crippen LogP contribution in [0.2, 0.25) is 0 Å². The maximum absolute atomic E-state index is 10.8. The Hall–Kier alpha value is -1.07. The molecule has 1 unspecified atom stereocenters. The van der Waals surface area contributed by atoms with E-state index in [2.05, 4.69) is 15.9 Å². The van der Waals surface area contributed by atoms with E-state index in [4.69, 9.17) is 14.9 Å². The molecule has 0 aliphatic heterocycles. The summed E-state index contributed by atoms with van der Waals surface area (Å²) in [6.07, 6.45) is 0. The summed E-state index contributed by atoms with van der Waals surface area (Å²) in [5.74, 6) is -1.32. The van der Waals surface area contributed by atoms with Crippen molar-refractivity contribution >= 4 is 21.9 Å². The number of halogens is 1. The van der Waals surface area contributed by atoms with Crippen molar-refractivity contribution in [2.75, 3.05) is 13.7 Å². The Balaban J connectivity index is 3.05. The second-order valence-corrected chi connectivity index (χ2v) is 3.82. The molecule has 0 aromatic heterocycles. The number of hydrogen-bond donors (Lipinski definition) is 2. The first-order valence-corrected chi connectivity index (χ1v) is 5.06. The second kappa shape index (κ2) is 5.14. The number of rotatable bonds is 4. The molecule has 1 aromatic carbocycles. The fraction of sp³-hybridized carbons (Fsp3) is 0.300. The number of carbonyl (C=O) groups is 1. The summed E-state index contributed by atoms with van der Waals surface area (Å²) in [6.45, 7) is -0.423. The minimum absolute atomic E-state index is 0.423. The van der Waals surface area contributed by atoms with Gasteiger partial charge in [0, 0.05) is 0 Å². The van der Waals surface area contributed by atoms with E-state index < -0.39 is 18.5 Å². The number of carboxylic acid groups (broad SMARTS) is 1. The van der Waals surface area contributed by atoms with E-state index in [1.54, 1.807) is 18.2 Å². The minimum Gasteiger partial charge on any atom is -0.496 e. The van der Waals surface area contributed by atoms with Gasteiger partial charge in [-0.15, -0.1) is 0 Å². The Kier molecular flexibility index (Phi) is 4.11. The fourth-order valence-corrected chi connectivity index (χ4v) is 1.78. The van der Waals surface area contributed by atoms with E-state index in [0.29, 0.717) is 15.8 Å². The Morgan fingerprint density at radius 1 is 1.60 bits per heavy atom. The van der Waals surface area contributed by atoms with Crippen LogP contribution in [0.15, 0.2) is 22.7 Å². The van der Waals surface area contributed by atoms with Crippen molar-refractivity contribution in [3.63, 3.8) is 0 Å². The molecule has 0 aliphatic carbocycles. The number of hydrogen-bond acceptors (Lipinski definition) is 3. The van der Waals surface area contributed by atoms with Crippen LogP contribution in [0.5, 0.6) is 5.75 Å². The van der Waals surface area contributed by atoms with Gasteiger partial charge in [0.1, 0.15) is 11.7 Å². The monoisotopic (exact) mass is 274 g/mol. The summed E-state index contributed by atoms with van der Waals surface area (Å²) >= 11 is 3.25. The van der Waals surface area contributed by atoms with Crippen molar-refractivity contribution in [3.8, 4) is 5.75 Å². The number of carboxylic acids is 1. The van der Waals surface area contributed by atoms with Crippen LogP contribution in [0.4, 0.5) is 0 Å². The minimum atomic E-state index is -1.05. The third kappa shape index (κ3) is 2.70. The predicted octanol–water partition coefficient (Wildman–Crippen LogP) is 1.62. The number of ether oxygens (including phenoxy) is 1. The quantitative estimate of drug-likeness (QED) is 0.876. The zero-order valence-corrected chi connectivity index (χ0v) is 9.69. The molecule has 0 aliphatic rings. The van der Waals surface area contributed by atoms with Gasteiger partial charge < -0.3 is 14.9 Å². The molecule has 0 bridgehead atoms.